The Morgan fingerprint density at radius 2 is 1.81 bits per heavy atom. The molecule has 0 spiro atoms. The minimum Gasteiger partial charge on any atom is -0.507 e. The molecular weight excluding hydrogens is 394 g/mol. The largest absolute Gasteiger partial charge is 0.507 e. The smallest absolute Gasteiger partial charge is 0.295 e. The van der Waals surface area contributed by atoms with Gasteiger partial charge in [-0.05, 0) is 43.0 Å². The van der Waals surface area contributed by atoms with Gasteiger partial charge in [0.25, 0.3) is 11.7 Å². The van der Waals surface area contributed by atoms with Crippen LogP contribution in [-0.4, -0.2) is 49.1 Å². The lowest BCUT2D eigenvalue weighted by atomic mass is 9.93. The number of likely N-dealkylation sites (tertiary alicyclic amines) is 1. The van der Waals surface area contributed by atoms with E-state index < -0.39 is 17.7 Å². The normalized spacial score (nSPS) is 17.9. The number of aliphatic hydroxyl groups excluding tert-OH is 1. The third-order valence-electron chi connectivity index (χ3n) is 5.60. The quantitative estimate of drug-likeness (QED) is 0.300. The van der Waals surface area contributed by atoms with Crippen molar-refractivity contribution in [2.75, 3.05) is 27.4 Å². The number of benzene rings is 2. The van der Waals surface area contributed by atoms with Gasteiger partial charge in [-0.3, -0.25) is 9.59 Å². The molecule has 0 aliphatic carbocycles. The number of aliphatic hydroxyl groups is 1. The summed E-state index contributed by atoms with van der Waals surface area (Å²) in [4.78, 5) is 27.5. The number of hydrogen-bond donors (Lipinski definition) is 1. The third kappa shape index (κ3) is 4.49. The molecule has 2 aromatic rings. The number of amides is 1. The molecule has 6 nitrogen and oxygen atoms in total. The molecule has 1 unspecified atom stereocenters. The van der Waals surface area contributed by atoms with Crippen LogP contribution in [0.4, 0.5) is 0 Å². The van der Waals surface area contributed by atoms with Gasteiger partial charge in [0.1, 0.15) is 11.5 Å². The molecule has 1 atom stereocenters. The highest BCUT2D eigenvalue weighted by Gasteiger charge is 2.46. The average molecular weight is 424 g/mol. The molecule has 1 N–H and O–H groups in total. The zero-order valence-electron chi connectivity index (χ0n) is 18.5. The van der Waals surface area contributed by atoms with E-state index in [1.807, 2.05) is 37.3 Å². The molecule has 2 aromatic carbocycles. The molecule has 0 bridgehead atoms. The Hall–Kier alpha value is -3.12. The molecule has 164 valence electrons. The summed E-state index contributed by atoms with van der Waals surface area (Å²) in [6, 6.07) is 12.5. The van der Waals surface area contributed by atoms with Crippen molar-refractivity contribution in [2.45, 2.75) is 32.7 Å². The third-order valence-corrected chi connectivity index (χ3v) is 5.60. The monoisotopic (exact) mass is 423 g/mol. The van der Waals surface area contributed by atoms with Gasteiger partial charge in [0.2, 0.25) is 0 Å². The zero-order chi connectivity index (χ0) is 22.5. The molecule has 0 aromatic heterocycles. The molecule has 1 aliphatic heterocycles. The highest BCUT2D eigenvalue weighted by atomic mass is 16.5. The van der Waals surface area contributed by atoms with Gasteiger partial charge in [0.05, 0.1) is 24.3 Å². The predicted molar refractivity (Wildman–Crippen MR) is 119 cm³/mol. The number of ketones is 1. The van der Waals surface area contributed by atoms with Gasteiger partial charge in [-0.15, -0.1) is 0 Å². The summed E-state index contributed by atoms with van der Waals surface area (Å²) in [7, 11) is 3.10. The summed E-state index contributed by atoms with van der Waals surface area (Å²) in [6.45, 7) is 4.77. The van der Waals surface area contributed by atoms with E-state index in [1.165, 1.54) is 12.0 Å². The molecule has 6 heteroatoms. The lowest BCUT2D eigenvalue weighted by Gasteiger charge is -2.25. The van der Waals surface area contributed by atoms with Crippen LogP contribution in [0, 0.1) is 6.92 Å². The molecule has 1 amide bonds. The minimum atomic E-state index is -0.692. The highest BCUT2D eigenvalue weighted by molar-refractivity contribution is 6.46. The number of carbonyl (C=O) groups excluding carboxylic acids is 2. The van der Waals surface area contributed by atoms with Crippen molar-refractivity contribution in [2.24, 2.45) is 0 Å². The van der Waals surface area contributed by atoms with E-state index in [1.54, 1.807) is 19.2 Å². The standard InChI is InChI=1S/C25H29NO5/c1-5-17-8-10-18(11-9-17)22-21(24(28)25(29)26(22)13-6-14-30-3)23(27)19-15-16(2)7-12-20(19)31-4/h7-12,15,22,27H,5-6,13-14H2,1-4H3/b23-21+. The first-order valence-corrected chi connectivity index (χ1v) is 10.4. The number of nitrogens with zero attached hydrogens (tertiary/aromatic N) is 1. The first-order valence-electron chi connectivity index (χ1n) is 10.4. The fourth-order valence-corrected chi connectivity index (χ4v) is 3.92. The van der Waals surface area contributed by atoms with Crippen molar-refractivity contribution < 1.29 is 24.2 Å². The summed E-state index contributed by atoms with van der Waals surface area (Å²) in [5, 5.41) is 11.2. The molecule has 31 heavy (non-hydrogen) atoms. The fraction of sp³-hybridized carbons (Fsp3) is 0.360. The molecule has 1 aliphatic rings. The van der Waals surface area contributed by atoms with Crippen LogP contribution in [0.3, 0.4) is 0 Å². The van der Waals surface area contributed by atoms with Crippen molar-refractivity contribution >= 4 is 17.4 Å². The van der Waals surface area contributed by atoms with Crippen molar-refractivity contribution in [1.82, 2.24) is 4.90 Å². The second-order valence-electron chi connectivity index (χ2n) is 7.64. The van der Waals surface area contributed by atoms with E-state index in [4.69, 9.17) is 9.47 Å². The van der Waals surface area contributed by atoms with Crippen LogP contribution >= 0.6 is 0 Å². The fourth-order valence-electron chi connectivity index (χ4n) is 3.92. The Bertz CT molecular complexity index is 993. The van der Waals surface area contributed by atoms with Crippen LogP contribution < -0.4 is 4.74 Å². The van der Waals surface area contributed by atoms with Gasteiger partial charge in [0, 0.05) is 20.3 Å². The van der Waals surface area contributed by atoms with Crippen LogP contribution in [0.25, 0.3) is 5.76 Å². The molecule has 1 fully saturated rings. The highest BCUT2D eigenvalue weighted by Crippen LogP contribution is 2.41. The van der Waals surface area contributed by atoms with Gasteiger partial charge >= 0.3 is 0 Å². The number of methoxy groups -OCH3 is 2. The lowest BCUT2D eigenvalue weighted by molar-refractivity contribution is -0.140. The van der Waals surface area contributed by atoms with Crippen LogP contribution in [0.1, 0.15) is 41.6 Å². The van der Waals surface area contributed by atoms with Crippen molar-refractivity contribution in [3.63, 3.8) is 0 Å². The van der Waals surface area contributed by atoms with Crippen LogP contribution in [-0.2, 0) is 20.7 Å². The van der Waals surface area contributed by atoms with Crippen molar-refractivity contribution in [1.29, 1.82) is 0 Å². The first-order chi connectivity index (χ1) is 14.9. The van der Waals surface area contributed by atoms with Gasteiger partial charge in [-0.25, -0.2) is 0 Å². The van der Waals surface area contributed by atoms with Gasteiger partial charge in [-0.2, -0.15) is 0 Å². The molecule has 0 radical (unpaired) electrons. The first kappa shape index (κ1) is 22.6. The maximum absolute atomic E-state index is 13.1. The molecule has 1 saturated heterocycles. The number of rotatable bonds is 8. The summed E-state index contributed by atoms with van der Waals surface area (Å²) in [5.41, 5.74) is 3.31. The second-order valence-corrected chi connectivity index (χ2v) is 7.64. The van der Waals surface area contributed by atoms with Crippen molar-refractivity contribution in [3.8, 4) is 5.75 Å². The summed E-state index contributed by atoms with van der Waals surface area (Å²) < 4.78 is 10.5. The Labute approximate surface area is 183 Å². The van der Waals surface area contributed by atoms with Gasteiger partial charge < -0.3 is 19.5 Å². The van der Waals surface area contributed by atoms with Gasteiger partial charge in [0.15, 0.2) is 0 Å². The minimum absolute atomic E-state index is 0.0792. The van der Waals surface area contributed by atoms with Crippen molar-refractivity contribution in [3.05, 3.63) is 70.3 Å². The molecule has 3 rings (SSSR count). The molecule has 1 heterocycles. The topological polar surface area (TPSA) is 76.1 Å². The number of aryl methyl sites for hydroxylation is 2. The summed E-state index contributed by atoms with van der Waals surface area (Å²) in [6.07, 6.45) is 1.47. The SMILES string of the molecule is CCc1ccc(C2/C(=C(\O)c3cc(C)ccc3OC)C(=O)C(=O)N2CCCOC)cc1. The summed E-state index contributed by atoms with van der Waals surface area (Å²) in [5.74, 6) is -1.09. The molecule has 0 saturated carbocycles. The zero-order valence-corrected chi connectivity index (χ0v) is 18.5. The Balaban J connectivity index is 2.17. The van der Waals surface area contributed by atoms with Crippen LogP contribution in [0.5, 0.6) is 5.75 Å². The average Bonchev–Trinajstić information content (AvgIpc) is 3.03. The lowest BCUT2D eigenvalue weighted by Crippen LogP contribution is -2.31. The van der Waals surface area contributed by atoms with E-state index in [0.29, 0.717) is 30.9 Å². The number of ether oxygens (including phenoxy) is 2. The van der Waals surface area contributed by atoms with E-state index in [0.717, 1.165) is 23.1 Å². The van der Waals surface area contributed by atoms with E-state index in [9.17, 15) is 14.7 Å². The Morgan fingerprint density at radius 3 is 2.42 bits per heavy atom. The number of carbonyl (C=O) groups is 2. The summed E-state index contributed by atoms with van der Waals surface area (Å²) >= 11 is 0. The van der Waals surface area contributed by atoms with E-state index in [2.05, 4.69) is 6.92 Å². The predicted octanol–water partition coefficient (Wildman–Crippen LogP) is 4.02. The van der Waals surface area contributed by atoms with Gasteiger partial charge in [-0.1, -0.05) is 42.8 Å². The maximum atomic E-state index is 13.1. The van der Waals surface area contributed by atoms with E-state index >= 15 is 0 Å². The maximum Gasteiger partial charge on any atom is 0.295 e. The van der Waals surface area contributed by atoms with Crippen LogP contribution in [0.2, 0.25) is 0 Å². The Kier molecular flexibility index (Phi) is 7.13. The number of hydrogen-bond acceptors (Lipinski definition) is 5. The molecular formula is C25H29NO5. The second kappa shape index (κ2) is 9.79. The Morgan fingerprint density at radius 1 is 1.10 bits per heavy atom. The van der Waals surface area contributed by atoms with Crippen LogP contribution in [0.15, 0.2) is 48.0 Å². The number of Topliss-reactive ketones (excluding diaryl/α,β-unsaturated/α-hetero) is 1. The van der Waals surface area contributed by atoms with E-state index in [-0.39, 0.29) is 11.3 Å².